The Bertz CT molecular complexity index is 489. The second-order valence-electron chi connectivity index (χ2n) is 3.97. The van der Waals surface area contributed by atoms with Gasteiger partial charge in [0.2, 0.25) is 0 Å². The van der Waals surface area contributed by atoms with Gasteiger partial charge in [0.1, 0.15) is 0 Å². The maximum absolute atomic E-state index is 9.08. The van der Waals surface area contributed by atoms with E-state index in [4.69, 9.17) is 5.11 Å². The van der Waals surface area contributed by atoms with Crippen LogP contribution in [0, 0.1) is 13.8 Å². The lowest BCUT2D eigenvalue weighted by atomic mass is 10.1. The summed E-state index contributed by atoms with van der Waals surface area (Å²) in [6.45, 7) is 4.04. The highest BCUT2D eigenvalue weighted by Crippen LogP contribution is 2.19. The molecule has 1 heterocycles. The first-order valence-corrected chi connectivity index (χ1v) is 5.35. The van der Waals surface area contributed by atoms with E-state index in [-0.39, 0.29) is 6.61 Å². The monoisotopic (exact) mass is 213 g/mol. The van der Waals surface area contributed by atoms with Gasteiger partial charge in [-0.2, -0.15) is 0 Å². The molecule has 0 unspecified atom stereocenters. The highest BCUT2D eigenvalue weighted by Gasteiger charge is 2.02. The fourth-order valence-corrected chi connectivity index (χ4v) is 1.64. The molecule has 1 aromatic heterocycles. The van der Waals surface area contributed by atoms with Crippen LogP contribution in [0.15, 0.2) is 36.4 Å². The predicted octanol–water partition coefficient (Wildman–Crippen LogP) is 2.86. The van der Waals surface area contributed by atoms with Crippen molar-refractivity contribution in [3.63, 3.8) is 0 Å². The number of hydrogen-bond acceptors (Lipinski definition) is 2. The normalized spacial score (nSPS) is 10.4. The topological polar surface area (TPSA) is 33.1 Å². The molecule has 0 saturated heterocycles. The molecule has 0 amide bonds. The van der Waals surface area contributed by atoms with E-state index in [9.17, 15) is 0 Å². The van der Waals surface area contributed by atoms with Gasteiger partial charge in [-0.3, -0.25) is 4.98 Å². The van der Waals surface area contributed by atoms with Crippen LogP contribution in [0.5, 0.6) is 0 Å². The van der Waals surface area contributed by atoms with E-state index in [0.717, 1.165) is 22.5 Å². The van der Waals surface area contributed by atoms with E-state index >= 15 is 0 Å². The zero-order valence-electron chi connectivity index (χ0n) is 9.57. The Morgan fingerprint density at radius 2 is 1.69 bits per heavy atom. The molecule has 0 aliphatic rings. The fourth-order valence-electron chi connectivity index (χ4n) is 1.64. The summed E-state index contributed by atoms with van der Waals surface area (Å²) in [5.74, 6) is 0. The first kappa shape index (κ1) is 10.8. The lowest BCUT2D eigenvalue weighted by Gasteiger charge is -2.06. The smallest absolute Gasteiger partial charge is 0.0705 e. The van der Waals surface area contributed by atoms with Crippen LogP contribution in [0.2, 0.25) is 0 Å². The second-order valence-corrected chi connectivity index (χ2v) is 3.97. The van der Waals surface area contributed by atoms with Crippen LogP contribution in [-0.4, -0.2) is 10.1 Å². The zero-order valence-corrected chi connectivity index (χ0v) is 9.57. The molecular weight excluding hydrogens is 198 g/mol. The van der Waals surface area contributed by atoms with Crippen molar-refractivity contribution in [1.82, 2.24) is 4.98 Å². The van der Waals surface area contributed by atoms with Crippen molar-refractivity contribution in [3.05, 3.63) is 53.2 Å². The van der Waals surface area contributed by atoms with Crippen molar-refractivity contribution < 1.29 is 5.11 Å². The molecule has 1 aromatic carbocycles. The number of aliphatic hydroxyl groups is 1. The molecule has 2 rings (SSSR count). The van der Waals surface area contributed by atoms with Crippen LogP contribution >= 0.6 is 0 Å². The Morgan fingerprint density at radius 1 is 1.00 bits per heavy atom. The van der Waals surface area contributed by atoms with Gasteiger partial charge in [-0.05, 0) is 25.5 Å². The Kier molecular flexibility index (Phi) is 3.02. The Balaban J connectivity index is 2.41. The molecule has 2 nitrogen and oxygen atoms in total. The third-order valence-corrected chi connectivity index (χ3v) is 2.71. The molecule has 1 N–H and O–H groups in total. The quantitative estimate of drug-likeness (QED) is 0.832. The van der Waals surface area contributed by atoms with E-state index < -0.39 is 0 Å². The van der Waals surface area contributed by atoms with Gasteiger partial charge in [0, 0.05) is 11.3 Å². The number of nitrogens with zero attached hydrogens (tertiary/aromatic N) is 1. The lowest BCUT2D eigenvalue weighted by molar-refractivity contribution is 0.280. The summed E-state index contributed by atoms with van der Waals surface area (Å²) in [4.78, 5) is 4.48. The molecular formula is C14H15NO. The Labute approximate surface area is 95.6 Å². The standard InChI is InChI=1S/C14H15NO/c1-10-3-5-12(6-4-10)14-8-7-13(9-16)11(2)15-14/h3-8,16H,9H2,1-2H3. The lowest BCUT2D eigenvalue weighted by Crippen LogP contribution is -1.94. The maximum Gasteiger partial charge on any atom is 0.0705 e. The largest absolute Gasteiger partial charge is 0.392 e. The first-order valence-electron chi connectivity index (χ1n) is 5.35. The molecule has 2 aromatic rings. The summed E-state index contributed by atoms with van der Waals surface area (Å²) in [6.07, 6.45) is 0. The highest BCUT2D eigenvalue weighted by molar-refractivity contribution is 5.59. The minimum Gasteiger partial charge on any atom is -0.392 e. The van der Waals surface area contributed by atoms with Gasteiger partial charge in [0.15, 0.2) is 0 Å². The summed E-state index contributed by atoms with van der Waals surface area (Å²) >= 11 is 0. The molecule has 0 fully saturated rings. The number of hydrogen-bond donors (Lipinski definition) is 1. The summed E-state index contributed by atoms with van der Waals surface area (Å²) in [5, 5.41) is 9.08. The zero-order chi connectivity index (χ0) is 11.5. The second kappa shape index (κ2) is 4.45. The summed E-state index contributed by atoms with van der Waals surface area (Å²) < 4.78 is 0. The van der Waals surface area contributed by atoms with Crippen molar-refractivity contribution in [1.29, 1.82) is 0 Å². The van der Waals surface area contributed by atoms with Crippen molar-refractivity contribution >= 4 is 0 Å². The van der Waals surface area contributed by atoms with E-state index in [1.165, 1.54) is 5.56 Å². The number of aryl methyl sites for hydroxylation is 2. The Hall–Kier alpha value is -1.67. The van der Waals surface area contributed by atoms with E-state index in [2.05, 4.69) is 36.2 Å². The number of aromatic nitrogens is 1. The average molecular weight is 213 g/mol. The molecule has 0 atom stereocenters. The average Bonchev–Trinajstić information content (AvgIpc) is 2.30. The van der Waals surface area contributed by atoms with Crippen LogP contribution in [0.1, 0.15) is 16.8 Å². The number of rotatable bonds is 2. The first-order chi connectivity index (χ1) is 7.70. The molecule has 82 valence electrons. The molecule has 0 saturated carbocycles. The van der Waals surface area contributed by atoms with Crippen molar-refractivity contribution in [2.24, 2.45) is 0 Å². The molecule has 16 heavy (non-hydrogen) atoms. The van der Waals surface area contributed by atoms with E-state index in [1.54, 1.807) is 0 Å². The van der Waals surface area contributed by atoms with E-state index in [0.29, 0.717) is 0 Å². The van der Waals surface area contributed by atoms with Crippen molar-refractivity contribution in [3.8, 4) is 11.3 Å². The summed E-state index contributed by atoms with van der Waals surface area (Å²) in [5.41, 5.74) is 5.08. The van der Waals surface area contributed by atoms with Crippen LogP contribution in [0.3, 0.4) is 0 Å². The number of benzene rings is 1. The summed E-state index contributed by atoms with van der Waals surface area (Å²) in [6, 6.07) is 12.2. The highest BCUT2D eigenvalue weighted by atomic mass is 16.3. The van der Waals surface area contributed by atoms with Gasteiger partial charge in [0.25, 0.3) is 0 Å². The van der Waals surface area contributed by atoms with Crippen LogP contribution < -0.4 is 0 Å². The molecule has 0 bridgehead atoms. The minimum absolute atomic E-state index is 0.0486. The molecule has 0 aliphatic carbocycles. The van der Waals surface area contributed by atoms with Crippen LogP contribution in [-0.2, 0) is 6.61 Å². The van der Waals surface area contributed by atoms with Gasteiger partial charge < -0.3 is 5.11 Å². The van der Waals surface area contributed by atoms with Gasteiger partial charge >= 0.3 is 0 Å². The molecule has 0 spiro atoms. The van der Waals surface area contributed by atoms with Gasteiger partial charge in [-0.15, -0.1) is 0 Å². The fraction of sp³-hybridized carbons (Fsp3) is 0.214. The van der Waals surface area contributed by atoms with Crippen LogP contribution in [0.4, 0.5) is 0 Å². The Morgan fingerprint density at radius 3 is 2.25 bits per heavy atom. The van der Waals surface area contributed by atoms with Crippen molar-refractivity contribution in [2.75, 3.05) is 0 Å². The SMILES string of the molecule is Cc1ccc(-c2ccc(CO)c(C)n2)cc1. The van der Waals surface area contributed by atoms with Crippen LogP contribution in [0.25, 0.3) is 11.3 Å². The minimum atomic E-state index is 0.0486. The van der Waals surface area contributed by atoms with Crippen molar-refractivity contribution in [2.45, 2.75) is 20.5 Å². The third-order valence-electron chi connectivity index (χ3n) is 2.71. The van der Waals surface area contributed by atoms with Gasteiger partial charge in [-0.1, -0.05) is 35.9 Å². The molecule has 0 aliphatic heterocycles. The van der Waals surface area contributed by atoms with Gasteiger partial charge in [-0.25, -0.2) is 0 Å². The molecule has 0 radical (unpaired) electrons. The number of pyridine rings is 1. The summed E-state index contributed by atoms with van der Waals surface area (Å²) in [7, 11) is 0. The predicted molar refractivity (Wildman–Crippen MR) is 65.1 cm³/mol. The van der Waals surface area contributed by atoms with Gasteiger partial charge in [0.05, 0.1) is 12.3 Å². The molecule has 2 heteroatoms. The van der Waals surface area contributed by atoms with E-state index in [1.807, 2.05) is 19.1 Å². The number of aliphatic hydroxyl groups excluding tert-OH is 1. The maximum atomic E-state index is 9.08. The third kappa shape index (κ3) is 2.12.